The topological polar surface area (TPSA) is 15.3 Å². The van der Waals surface area contributed by atoms with Crippen molar-refractivity contribution in [3.05, 3.63) is 70.8 Å². The van der Waals surface area contributed by atoms with Crippen LogP contribution in [0.15, 0.2) is 48.5 Å². The molecule has 0 amide bonds. The zero-order chi connectivity index (χ0) is 14.9. The maximum atomic E-state index is 3.71. The average Bonchev–Trinajstić information content (AvgIpc) is 2.99. The molecule has 2 aromatic rings. The lowest BCUT2D eigenvalue weighted by Gasteiger charge is -2.32. The smallest absolute Gasteiger partial charge is 0.0460 e. The minimum atomic E-state index is 0.453. The van der Waals surface area contributed by atoms with Crippen molar-refractivity contribution in [1.29, 1.82) is 0 Å². The van der Waals surface area contributed by atoms with Crippen molar-refractivity contribution in [1.82, 2.24) is 8.43 Å². The van der Waals surface area contributed by atoms with Crippen LogP contribution in [0.4, 0.5) is 0 Å². The van der Waals surface area contributed by atoms with Crippen LogP contribution in [0, 0.1) is 0 Å². The van der Waals surface area contributed by atoms with Gasteiger partial charge in [-0.15, -0.1) is 0 Å². The van der Waals surface area contributed by atoms with Gasteiger partial charge in [-0.05, 0) is 35.1 Å². The molecule has 22 heavy (non-hydrogen) atoms. The molecule has 1 fully saturated rings. The van der Waals surface area contributed by atoms with E-state index in [1.165, 1.54) is 35.1 Å². The number of rotatable bonds is 2. The van der Waals surface area contributed by atoms with E-state index in [2.05, 4.69) is 79.8 Å². The van der Waals surface area contributed by atoms with E-state index in [1.807, 2.05) is 0 Å². The number of halogens is 1. The lowest BCUT2D eigenvalue weighted by Crippen LogP contribution is -2.41. The number of nitrogens with one attached hydrogen (secondary N) is 1. The van der Waals surface area contributed by atoms with Crippen LogP contribution in [0.1, 0.15) is 40.6 Å². The Balaban J connectivity index is 1.71. The summed E-state index contributed by atoms with van der Waals surface area (Å²) >= 11 is 2.45. The first kappa shape index (κ1) is 14.7. The van der Waals surface area contributed by atoms with E-state index in [0.717, 1.165) is 19.6 Å². The summed E-state index contributed by atoms with van der Waals surface area (Å²) in [4.78, 5) is 0. The van der Waals surface area contributed by atoms with Crippen molar-refractivity contribution in [3.63, 3.8) is 0 Å². The van der Waals surface area contributed by atoms with E-state index >= 15 is 0 Å². The molecule has 2 unspecified atom stereocenters. The van der Waals surface area contributed by atoms with Gasteiger partial charge >= 0.3 is 0 Å². The van der Waals surface area contributed by atoms with Gasteiger partial charge in [0.05, 0.1) is 0 Å². The van der Waals surface area contributed by atoms with Crippen LogP contribution >= 0.6 is 22.9 Å². The summed E-state index contributed by atoms with van der Waals surface area (Å²) in [6, 6.07) is 18.5. The summed E-state index contributed by atoms with van der Waals surface area (Å²) in [5.41, 5.74) is 6.09. The predicted molar refractivity (Wildman–Crippen MR) is 99.4 cm³/mol. The van der Waals surface area contributed by atoms with E-state index < -0.39 is 0 Å². The SMILES string of the molecule is IN1CCNC(c2ccccc2C2CCc3ccccc32)C1. The molecule has 0 bridgehead atoms. The molecular weight excluding hydrogens is 383 g/mol. The van der Waals surface area contributed by atoms with Crippen LogP contribution in [-0.4, -0.2) is 22.7 Å². The third-order valence-electron chi connectivity index (χ3n) is 5.01. The lowest BCUT2D eigenvalue weighted by atomic mass is 9.86. The second kappa shape index (κ2) is 6.30. The van der Waals surface area contributed by atoms with Gasteiger partial charge in [-0.25, -0.2) is 3.11 Å². The lowest BCUT2D eigenvalue weighted by molar-refractivity contribution is 0.344. The zero-order valence-corrected chi connectivity index (χ0v) is 14.8. The fourth-order valence-corrected chi connectivity index (χ4v) is 4.58. The van der Waals surface area contributed by atoms with Crippen LogP contribution in [0.5, 0.6) is 0 Å². The van der Waals surface area contributed by atoms with Crippen LogP contribution in [-0.2, 0) is 6.42 Å². The molecule has 0 aromatic heterocycles. The molecule has 1 aliphatic heterocycles. The zero-order valence-electron chi connectivity index (χ0n) is 12.6. The minimum absolute atomic E-state index is 0.453. The van der Waals surface area contributed by atoms with Crippen molar-refractivity contribution in [2.75, 3.05) is 19.6 Å². The van der Waals surface area contributed by atoms with Crippen molar-refractivity contribution >= 4 is 22.9 Å². The van der Waals surface area contributed by atoms with Crippen molar-refractivity contribution in [3.8, 4) is 0 Å². The van der Waals surface area contributed by atoms with Gasteiger partial charge in [0.15, 0.2) is 0 Å². The highest BCUT2D eigenvalue weighted by molar-refractivity contribution is 14.1. The molecule has 0 spiro atoms. The molecule has 1 heterocycles. The van der Waals surface area contributed by atoms with E-state index in [9.17, 15) is 0 Å². The molecule has 114 valence electrons. The Bertz CT molecular complexity index is 670. The molecule has 4 rings (SSSR count). The average molecular weight is 404 g/mol. The van der Waals surface area contributed by atoms with Gasteiger partial charge in [0.25, 0.3) is 0 Å². The Morgan fingerprint density at radius 1 is 0.955 bits per heavy atom. The van der Waals surface area contributed by atoms with Crippen molar-refractivity contribution < 1.29 is 0 Å². The number of fused-ring (bicyclic) bond motifs is 1. The normalized spacial score (nSPS) is 25.1. The Kier molecular flexibility index (Phi) is 4.20. The third-order valence-corrected chi connectivity index (χ3v) is 5.88. The number of hydrogen-bond donors (Lipinski definition) is 1. The van der Waals surface area contributed by atoms with E-state index in [0.29, 0.717) is 12.0 Å². The first-order valence-electron chi connectivity index (χ1n) is 8.13. The predicted octanol–water partition coefficient (Wildman–Crippen LogP) is 4.06. The highest BCUT2D eigenvalue weighted by atomic mass is 127. The fraction of sp³-hybridized carbons (Fsp3) is 0.368. The molecule has 1 saturated heterocycles. The second-order valence-electron chi connectivity index (χ2n) is 6.29. The standard InChI is InChI=1S/C19H21IN2/c20-22-12-11-21-19(13-22)18-8-4-3-7-16(18)17-10-9-14-5-1-2-6-15(14)17/h1-8,17,19,21H,9-13H2. The number of hydrogen-bond acceptors (Lipinski definition) is 2. The Hall–Kier alpha value is -0.910. The van der Waals surface area contributed by atoms with Gasteiger partial charge in [0.1, 0.15) is 0 Å². The van der Waals surface area contributed by atoms with Crippen LogP contribution in [0.25, 0.3) is 0 Å². The largest absolute Gasteiger partial charge is 0.308 e. The summed E-state index contributed by atoms with van der Waals surface area (Å²) in [6.45, 7) is 3.29. The molecule has 0 radical (unpaired) electrons. The van der Waals surface area contributed by atoms with Crippen molar-refractivity contribution in [2.45, 2.75) is 24.8 Å². The first-order chi connectivity index (χ1) is 10.8. The number of aryl methyl sites for hydroxylation is 1. The summed E-state index contributed by atoms with van der Waals surface area (Å²) in [7, 11) is 0. The molecule has 2 atom stereocenters. The Morgan fingerprint density at radius 2 is 1.68 bits per heavy atom. The number of piperazine rings is 1. The molecule has 1 aliphatic carbocycles. The Labute approximate surface area is 146 Å². The van der Waals surface area contributed by atoms with Gasteiger partial charge in [0.2, 0.25) is 0 Å². The monoisotopic (exact) mass is 404 g/mol. The molecule has 3 heteroatoms. The second-order valence-corrected chi connectivity index (χ2v) is 7.66. The quantitative estimate of drug-likeness (QED) is 0.600. The molecular formula is C19H21IN2. The third kappa shape index (κ3) is 2.70. The maximum Gasteiger partial charge on any atom is 0.0460 e. The van der Waals surface area contributed by atoms with Gasteiger partial charge in [-0.3, -0.25) is 0 Å². The summed E-state index contributed by atoms with van der Waals surface area (Å²) in [5.74, 6) is 0.568. The van der Waals surface area contributed by atoms with Gasteiger partial charge in [-0.1, -0.05) is 48.5 Å². The molecule has 2 aromatic carbocycles. The number of benzene rings is 2. The minimum Gasteiger partial charge on any atom is -0.308 e. The molecule has 2 aliphatic rings. The highest BCUT2D eigenvalue weighted by Crippen LogP contribution is 2.40. The molecule has 0 saturated carbocycles. The fourth-order valence-electron chi connectivity index (χ4n) is 3.95. The van der Waals surface area contributed by atoms with Gasteiger partial charge in [0, 0.05) is 54.5 Å². The van der Waals surface area contributed by atoms with E-state index in [-0.39, 0.29) is 0 Å². The van der Waals surface area contributed by atoms with Crippen molar-refractivity contribution in [2.24, 2.45) is 0 Å². The summed E-state index contributed by atoms with van der Waals surface area (Å²) < 4.78 is 2.40. The van der Waals surface area contributed by atoms with Crippen LogP contribution < -0.4 is 5.32 Å². The molecule has 2 nitrogen and oxygen atoms in total. The first-order valence-corrected chi connectivity index (χ1v) is 9.10. The van der Waals surface area contributed by atoms with E-state index in [4.69, 9.17) is 0 Å². The van der Waals surface area contributed by atoms with Gasteiger partial charge < -0.3 is 5.32 Å². The summed E-state index contributed by atoms with van der Waals surface area (Å²) in [6.07, 6.45) is 2.46. The maximum absolute atomic E-state index is 3.71. The number of nitrogens with zero attached hydrogens (tertiary/aromatic N) is 1. The Morgan fingerprint density at radius 3 is 2.50 bits per heavy atom. The van der Waals surface area contributed by atoms with Crippen LogP contribution in [0.3, 0.4) is 0 Å². The van der Waals surface area contributed by atoms with Gasteiger partial charge in [-0.2, -0.15) is 0 Å². The molecule has 1 N–H and O–H groups in total. The highest BCUT2D eigenvalue weighted by Gasteiger charge is 2.28. The summed E-state index contributed by atoms with van der Waals surface area (Å²) in [5, 5.41) is 3.71. The van der Waals surface area contributed by atoms with Crippen LogP contribution in [0.2, 0.25) is 0 Å². The van der Waals surface area contributed by atoms with E-state index in [1.54, 1.807) is 0 Å².